The highest BCUT2D eigenvalue weighted by molar-refractivity contribution is 5.99. The Morgan fingerprint density at radius 1 is 1.28 bits per heavy atom. The van der Waals surface area contributed by atoms with Gasteiger partial charge in [-0.1, -0.05) is 18.2 Å². The van der Waals surface area contributed by atoms with Crippen LogP contribution in [0.2, 0.25) is 0 Å². The summed E-state index contributed by atoms with van der Waals surface area (Å²) in [6, 6.07) is 9.53. The molecule has 128 valence electrons. The van der Waals surface area contributed by atoms with E-state index in [0.29, 0.717) is 18.7 Å². The molecule has 3 heterocycles. The number of carbonyl (C=O) groups is 1. The fourth-order valence-corrected chi connectivity index (χ4v) is 3.48. The fourth-order valence-electron chi connectivity index (χ4n) is 3.48. The first-order valence-electron chi connectivity index (χ1n) is 8.47. The zero-order valence-electron chi connectivity index (χ0n) is 13.8. The maximum atomic E-state index is 12.9. The van der Waals surface area contributed by atoms with E-state index in [-0.39, 0.29) is 17.5 Å². The molecule has 1 aromatic heterocycles. The third-order valence-electron chi connectivity index (χ3n) is 4.75. The van der Waals surface area contributed by atoms with Crippen LogP contribution in [0, 0.1) is 0 Å². The third kappa shape index (κ3) is 3.20. The number of ether oxygens (including phenoxy) is 1. The molecule has 2 aliphatic rings. The highest BCUT2D eigenvalue weighted by atomic mass is 16.5. The van der Waals surface area contributed by atoms with E-state index in [0.717, 1.165) is 36.4 Å². The first-order valence-corrected chi connectivity index (χ1v) is 8.47. The van der Waals surface area contributed by atoms with E-state index >= 15 is 0 Å². The second-order valence-electron chi connectivity index (χ2n) is 6.42. The summed E-state index contributed by atoms with van der Waals surface area (Å²) in [6.07, 6.45) is 5.29. The van der Waals surface area contributed by atoms with Gasteiger partial charge < -0.3 is 14.6 Å². The zero-order chi connectivity index (χ0) is 17.2. The van der Waals surface area contributed by atoms with E-state index in [1.807, 2.05) is 41.3 Å². The van der Waals surface area contributed by atoms with Crippen molar-refractivity contribution in [2.75, 3.05) is 19.7 Å². The number of aromatic amines is 1. The Morgan fingerprint density at radius 3 is 3.04 bits per heavy atom. The molecule has 0 aliphatic carbocycles. The Labute approximate surface area is 145 Å². The molecule has 25 heavy (non-hydrogen) atoms. The van der Waals surface area contributed by atoms with Crippen LogP contribution < -0.4 is 10.4 Å². The van der Waals surface area contributed by atoms with E-state index in [2.05, 4.69) is 9.97 Å². The number of likely N-dealkylation sites (tertiary alicyclic amines) is 1. The van der Waals surface area contributed by atoms with Gasteiger partial charge in [0.2, 0.25) is 0 Å². The molecule has 1 amide bonds. The number of piperidine rings is 1. The minimum absolute atomic E-state index is 0.00982. The molecule has 1 aromatic carbocycles. The number of carbonyl (C=O) groups excluding carboxylic acids is 1. The Morgan fingerprint density at radius 2 is 2.16 bits per heavy atom. The highest BCUT2D eigenvalue weighted by Crippen LogP contribution is 2.29. The van der Waals surface area contributed by atoms with Gasteiger partial charge in [-0.2, -0.15) is 0 Å². The van der Waals surface area contributed by atoms with Gasteiger partial charge in [0.25, 0.3) is 5.91 Å². The molecule has 6 nitrogen and oxygen atoms in total. The van der Waals surface area contributed by atoms with Crippen molar-refractivity contribution in [3.8, 4) is 5.75 Å². The van der Waals surface area contributed by atoms with Crippen molar-refractivity contribution in [1.82, 2.24) is 14.9 Å². The number of nitrogens with zero attached hydrogens (tertiary/aromatic N) is 2. The largest absolute Gasteiger partial charge is 0.488 e. The minimum Gasteiger partial charge on any atom is -0.488 e. The van der Waals surface area contributed by atoms with Gasteiger partial charge >= 0.3 is 5.69 Å². The average molecular weight is 337 g/mol. The van der Waals surface area contributed by atoms with Crippen LogP contribution in [-0.2, 0) is 4.79 Å². The van der Waals surface area contributed by atoms with E-state index in [4.69, 9.17) is 4.74 Å². The monoisotopic (exact) mass is 337 g/mol. The van der Waals surface area contributed by atoms with Crippen LogP contribution in [0.4, 0.5) is 0 Å². The number of para-hydroxylation sites is 1. The van der Waals surface area contributed by atoms with Crippen molar-refractivity contribution in [3.63, 3.8) is 0 Å². The molecule has 1 N–H and O–H groups in total. The summed E-state index contributed by atoms with van der Waals surface area (Å²) in [5.74, 6) is 0.950. The summed E-state index contributed by atoms with van der Waals surface area (Å²) in [4.78, 5) is 32.6. The molecule has 0 spiro atoms. The van der Waals surface area contributed by atoms with Crippen LogP contribution in [0.15, 0.2) is 46.9 Å². The summed E-state index contributed by atoms with van der Waals surface area (Å²) < 4.78 is 5.70. The van der Waals surface area contributed by atoms with Crippen LogP contribution in [-0.4, -0.2) is 40.5 Å². The number of amides is 1. The molecule has 6 heteroatoms. The van der Waals surface area contributed by atoms with Crippen molar-refractivity contribution in [2.45, 2.75) is 18.8 Å². The maximum Gasteiger partial charge on any atom is 0.345 e. The molecular weight excluding hydrogens is 318 g/mol. The lowest BCUT2D eigenvalue weighted by atomic mass is 9.94. The van der Waals surface area contributed by atoms with E-state index in [1.54, 1.807) is 0 Å². The molecule has 0 radical (unpaired) electrons. The SMILES string of the molecule is O=C(C1=Cc2ccccc2OC1)N1CCC[C@H](c2ccnc(=O)[nH]2)C1. The van der Waals surface area contributed by atoms with Gasteiger partial charge in [0.1, 0.15) is 12.4 Å². The summed E-state index contributed by atoms with van der Waals surface area (Å²) in [7, 11) is 0. The Kier molecular flexibility index (Phi) is 4.09. The second kappa shape index (κ2) is 6.55. The zero-order valence-corrected chi connectivity index (χ0v) is 13.8. The van der Waals surface area contributed by atoms with E-state index in [9.17, 15) is 9.59 Å². The van der Waals surface area contributed by atoms with E-state index < -0.39 is 0 Å². The van der Waals surface area contributed by atoms with Gasteiger partial charge in [-0.05, 0) is 31.1 Å². The Hall–Kier alpha value is -2.89. The quantitative estimate of drug-likeness (QED) is 0.909. The molecule has 0 unspecified atom stereocenters. The number of H-pyrrole nitrogens is 1. The maximum absolute atomic E-state index is 12.9. The van der Waals surface area contributed by atoms with Crippen LogP contribution in [0.5, 0.6) is 5.75 Å². The number of hydrogen-bond donors (Lipinski definition) is 1. The number of nitrogens with one attached hydrogen (secondary N) is 1. The van der Waals surface area contributed by atoms with Gasteiger partial charge in [0, 0.05) is 36.5 Å². The Balaban J connectivity index is 1.53. The van der Waals surface area contributed by atoms with Crippen LogP contribution >= 0.6 is 0 Å². The number of hydrogen-bond acceptors (Lipinski definition) is 4. The van der Waals surface area contributed by atoms with Gasteiger partial charge in [-0.15, -0.1) is 0 Å². The number of benzene rings is 1. The molecule has 1 atom stereocenters. The molecule has 2 aliphatic heterocycles. The first kappa shape index (κ1) is 15.6. The standard InChI is InChI=1S/C19H19N3O3/c23-18(15-10-13-4-1-2-6-17(13)25-12-15)22-9-3-5-14(11-22)16-7-8-20-19(24)21-16/h1-2,4,6-8,10,14H,3,5,9,11-12H2,(H,20,21,24)/t14-/m0/s1. The summed E-state index contributed by atoms with van der Waals surface area (Å²) in [5.41, 5.74) is 2.10. The molecule has 4 rings (SSSR count). The minimum atomic E-state index is -0.346. The summed E-state index contributed by atoms with van der Waals surface area (Å²) in [5, 5.41) is 0. The predicted octanol–water partition coefficient (Wildman–Crippen LogP) is 1.95. The molecule has 0 saturated carbocycles. The first-order chi connectivity index (χ1) is 12.2. The van der Waals surface area contributed by atoms with Gasteiger partial charge in [-0.3, -0.25) is 4.79 Å². The normalized spacial score (nSPS) is 19.6. The topological polar surface area (TPSA) is 75.3 Å². The number of rotatable bonds is 2. The molecule has 1 fully saturated rings. The molecular formula is C19H19N3O3. The van der Waals surface area contributed by atoms with E-state index in [1.165, 1.54) is 6.20 Å². The van der Waals surface area contributed by atoms with Crippen molar-refractivity contribution in [3.05, 3.63) is 63.8 Å². The van der Waals surface area contributed by atoms with Crippen LogP contribution in [0.1, 0.15) is 30.0 Å². The third-order valence-corrected chi connectivity index (χ3v) is 4.75. The van der Waals surface area contributed by atoms with Crippen molar-refractivity contribution in [2.24, 2.45) is 0 Å². The molecule has 1 saturated heterocycles. The highest BCUT2D eigenvalue weighted by Gasteiger charge is 2.28. The molecule has 0 bridgehead atoms. The summed E-state index contributed by atoms with van der Waals surface area (Å²) >= 11 is 0. The van der Waals surface area contributed by atoms with Crippen LogP contribution in [0.3, 0.4) is 0 Å². The number of fused-ring (bicyclic) bond motifs is 1. The second-order valence-corrected chi connectivity index (χ2v) is 6.42. The van der Waals surface area contributed by atoms with Crippen molar-refractivity contribution >= 4 is 12.0 Å². The lowest BCUT2D eigenvalue weighted by Crippen LogP contribution is -2.41. The average Bonchev–Trinajstić information content (AvgIpc) is 2.67. The number of aromatic nitrogens is 2. The Bertz CT molecular complexity index is 887. The van der Waals surface area contributed by atoms with Crippen molar-refractivity contribution < 1.29 is 9.53 Å². The summed E-state index contributed by atoms with van der Waals surface area (Å²) in [6.45, 7) is 1.62. The lowest BCUT2D eigenvalue weighted by Gasteiger charge is -2.33. The van der Waals surface area contributed by atoms with Crippen LogP contribution in [0.25, 0.3) is 6.08 Å². The lowest BCUT2D eigenvalue weighted by molar-refractivity contribution is -0.128. The van der Waals surface area contributed by atoms with Gasteiger partial charge in [0.05, 0.1) is 5.57 Å². The smallest absolute Gasteiger partial charge is 0.345 e. The molecule has 2 aromatic rings. The fraction of sp³-hybridized carbons (Fsp3) is 0.316. The predicted molar refractivity (Wildman–Crippen MR) is 93.3 cm³/mol. The van der Waals surface area contributed by atoms with Crippen molar-refractivity contribution in [1.29, 1.82) is 0 Å². The van der Waals surface area contributed by atoms with Gasteiger partial charge in [-0.25, -0.2) is 9.78 Å². The van der Waals surface area contributed by atoms with Gasteiger partial charge in [0.15, 0.2) is 0 Å².